The van der Waals surface area contributed by atoms with Gasteiger partial charge in [0.15, 0.2) is 0 Å². The number of amides is 1. The number of hydrogen-bond acceptors (Lipinski definition) is 3. The average molecular weight is 269 g/mol. The van der Waals surface area contributed by atoms with Gasteiger partial charge < -0.3 is 10.6 Å². The molecule has 0 aromatic heterocycles. The molecule has 2 fully saturated rings. The summed E-state index contributed by atoms with van der Waals surface area (Å²) in [6.45, 7) is 0. The number of carbonyl (C=O) groups excluding carboxylic acids is 1. The maximum absolute atomic E-state index is 12.1. The zero-order chi connectivity index (χ0) is 13.9. The lowest BCUT2D eigenvalue weighted by atomic mass is 9.89. The van der Waals surface area contributed by atoms with E-state index in [1.807, 2.05) is 6.07 Å². The number of rotatable bonds is 3. The van der Waals surface area contributed by atoms with E-state index >= 15 is 0 Å². The number of nitriles is 1. The van der Waals surface area contributed by atoms with Gasteiger partial charge >= 0.3 is 0 Å². The molecule has 0 aliphatic carbocycles. The van der Waals surface area contributed by atoms with Crippen LogP contribution in [0.5, 0.6) is 0 Å². The van der Waals surface area contributed by atoms with Gasteiger partial charge in [0, 0.05) is 24.2 Å². The Morgan fingerprint density at radius 1 is 1.35 bits per heavy atom. The molecule has 2 heterocycles. The third-order valence-corrected chi connectivity index (χ3v) is 4.32. The summed E-state index contributed by atoms with van der Waals surface area (Å²) in [5.41, 5.74) is 1.29. The molecule has 2 N–H and O–H groups in total. The summed E-state index contributed by atoms with van der Waals surface area (Å²) in [7, 11) is 0. The average Bonchev–Trinajstić information content (AvgIpc) is 2.78. The fourth-order valence-corrected chi connectivity index (χ4v) is 3.48. The summed E-state index contributed by atoms with van der Waals surface area (Å²) in [6, 6.07) is 10.4. The van der Waals surface area contributed by atoms with Gasteiger partial charge in [0.25, 0.3) is 0 Å². The molecule has 0 saturated carbocycles. The molecule has 2 atom stereocenters. The Hall–Kier alpha value is -1.86. The van der Waals surface area contributed by atoms with Gasteiger partial charge in [0.1, 0.15) is 0 Å². The first kappa shape index (κ1) is 13.1. The maximum atomic E-state index is 12.1. The Morgan fingerprint density at radius 2 is 2.10 bits per heavy atom. The molecule has 4 heteroatoms. The number of anilines is 1. The van der Waals surface area contributed by atoms with Crippen LogP contribution in [0.4, 0.5) is 5.69 Å². The van der Waals surface area contributed by atoms with E-state index in [1.54, 1.807) is 18.2 Å². The number of benzene rings is 1. The quantitative estimate of drug-likeness (QED) is 0.885. The van der Waals surface area contributed by atoms with Crippen molar-refractivity contribution in [1.82, 2.24) is 5.32 Å². The molecule has 1 amide bonds. The highest BCUT2D eigenvalue weighted by atomic mass is 16.1. The smallest absolute Gasteiger partial charge is 0.224 e. The molecule has 1 aromatic rings. The zero-order valence-corrected chi connectivity index (χ0v) is 11.4. The highest BCUT2D eigenvalue weighted by Gasteiger charge is 2.34. The van der Waals surface area contributed by atoms with Crippen molar-refractivity contribution in [1.29, 1.82) is 5.26 Å². The first-order chi connectivity index (χ1) is 9.72. The number of carbonyl (C=O) groups is 1. The lowest BCUT2D eigenvalue weighted by molar-refractivity contribution is -0.117. The molecule has 2 unspecified atom stereocenters. The van der Waals surface area contributed by atoms with E-state index in [-0.39, 0.29) is 5.91 Å². The van der Waals surface area contributed by atoms with Crippen molar-refractivity contribution in [2.75, 3.05) is 5.32 Å². The number of piperidine rings is 1. The molecular weight excluding hydrogens is 250 g/mol. The molecule has 20 heavy (non-hydrogen) atoms. The van der Waals surface area contributed by atoms with Crippen LogP contribution in [0.3, 0.4) is 0 Å². The van der Waals surface area contributed by atoms with Crippen LogP contribution in [0, 0.1) is 17.2 Å². The van der Waals surface area contributed by atoms with E-state index < -0.39 is 0 Å². The van der Waals surface area contributed by atoms with Gasteiger partial charge in [-0.2, -0.15) is 5.26 Å². The van der Waals surface area contributed by atoms with Crippen molar-refractivity contribution in [3.05, 3.63) is 29.8 Å². The van der Waals surface area contributed by atoms with Crippen LogP contribution in [-0.4, -0.2) is 18.0 Å². The summed E-state index contributed by atoms with van der Waals surface area (Å²) >= 11 is 0. The molecule has 1 aromatic carbocycles. The number of hydrogen-bond donors (Lipinski definition) is 2. The van der Waals surface area contributed by atoms with Crippen LogP contribution >= 0.6 is 0 Å². The summed E-state index contributed by atoms with van der Waals surface area (Å²) in [5, 5.41) is 15.3. The monoisotopic (exact) mass is 269 g/mol. The van der Waals surface area contributed by atoms with Crippen LogP contribution in [0.2, 0.25) is 0 Å². The molecule has 3 rings (SSSR count). The Kier molecular flexibility index (Phi) is 3.70. The van der Waals surface area contributed by atoms with Gasteiger partial charge in [0.2, 0.25) is 5.91 Å². The van der Waals surface area contributed by atoms with Crippen molar-refractivity contribution in [2.45, 2.75) is 44.2 Å². The second-order valence-electron chi connectivity index (χ2n) is 5.92. The van der Waals surface area contributed by atoms with Crippen molar-refractivity contribution >= 4 is 11.6 Å². The number of fused-ring (bicyclic) bond motifs is 2. The fraction of sp³-hybridized carbons (Fsp3) is 0.500. The van der Waals surface area contributed by atoms with Gasteiger partial charge in [-0.1, -0.05) is 6.07 Å². The summed E-state index contributed by atoms with van der Waals surface area (Å²) < 4.78 is 0. The topological polar surface area (TPSA) is 64.9 Å². The predicted molar refractivity (Wildman–Crippen MR) is 77.1 cm³/mol. The summed E-state index contributed by atoms with van der Waals surface area (Å²) in [5.74, 6) is 0.555. The van der Waals surface area contributed by atoms with Crippen molar-refractivity contribution in [3.63, 3.8) is 0 Å². The highest BCUT2D eigenvalue weighted by Crippen LogP contribution is 2.32. The first-order valence-electron chi connectivity index (χ1n) is 7.29. The minimum Gasteiger partial charge on any atom is -0.326 e. The van der Waals surface area contributed by atoms with E-state index in [9.17, 15) is 4.79 Å². The van der Waals surface area contributed by atoms with E-state index in [0.29, 0.717) is 35.7 Å². The second-order valence-corrected chi connectivity index (χ2v) is 5.92. The van der Waals surface area contributed by atoms with E-state index in [4.69, 9.17) is 5.26 Å². The van der Waals surface area contributed by atoms with Crippen molar-refractivity contribution in [2.24, 2.45) is 5.92 Å². The van der Waals surface area contributed by atoms with E-state index in [2.05, 4.69) is 16.7 Å². The lowest BCUT2D eigenvalue weighted by Gasteiger charge is -2.28. The molecule has 2 aliphatic rings. The third kappa shape index (κ3) is 3.00. The van der Waals surface area contributed by atoms with Gasteiger partial charge in [-0.3, -0.25) is 4.79 Å². The Bertz CT molecular complexity index is 537. The first-order valence-corrected chi connectivity index (χ1v) is 7.29. The number of nitrogens with zero attached hydrogens (tertiary/aromatic N) is 1. The maximum Gasteiger partial charge on any atom is 0.224 e. The minimum atomic E-state index is 0.0615. The predicted octanol–water partition coefficient (Wildman–Crippen LogP) is 2.42. The Morgan fingerprint density at radius 3 is 2.80 bits per heavy atom. The minimum absolute atomic E-state index is 0.0615. The second kappa shape index (κ2) is 5.64. The Balaban J connectivity index is 1.56. The molecule has 2 bridgehead atoms. The molecule has 0 spiro atoms. The van der Waals surface area contributed by atoms with Crippen LogP contribution in [0.25, 0.3) is 0 Å². The molecular formula is C16H19N3O. The lowest BCUT2D eigenvalue weighted by Crippen LogP contribution is -2.39. The molecule has 104 valence electrons. The van der Waals surface area contributed by atoms with Crippen LogP contribution in [-0.2, 0) is 4.79 Å². The molecule has 2 saturated heterocycles. The number of nitrogens with one attached hydrogen (secondary N) is 2. The van der Waals surface area contributed by atoms with Crippen LogP contribution in [0.15, 0.2) is 24.3 Å². The van der Waals surface area contributed by atoms with E-state index in [0.717, 1.165) is 12.8 Å². The fourth-order valence-electron chi connectivity index (χ4n) is 3.48. The SMILES string of the molecule is N#Cc1cccc(NC(=O)CC2CC3CCC(C2)N3)c1. The molecule has 2 aliphatic heterocycles. The summed E-state index contributed by atoms with van der Waals surface area (Å²) in [6.07, 6.45) is 5.33. The largest absolute Gasteiger partial charge is 0.326 e. The van der Waals surface area contributed by atoms with Crippen molar-refractivity contribution in [3.8, 4) is 6.07 Å². The van der Waals surface area contributed by atoms with Gasteiger partial charge in [-0.05, 0) is 49.8 Å². The van der Waals surface area contributed by atoms with Crippen molar-refractivity contribution < 1.29 is 4.79 Å². The van der Waals surface area contributed by atoms with Crippen LogP contribution < -0.4 is 10.6 Å². The molecule has 0 radical (unpaired) electrons. The summed E-state index contributed by atoms with van der Waals surface area (Å²) in [4.78, 5) is 12.1. The van der Waals surface area contributed by atoms with Gasteiger partial charge in [-0.25, -0.2) is 0 Å². The van der Waals surface area contributed by atoms with Crippen LogP contribution in [0.1, 0.15) is 37.7 Å². The van der Waals surface area contributed by atoms with Gasteiger partial charge in [0.05, 0.1) is 11.6 Å². The zero-order valence-electron chi connectivity index (χ0n) is 11.4. The molecule has 4 nitrogen and oxygen atoms in total. The Labute approximate surface area is 119 Å². The van der Waals surface area contributed by atoms with Gasteiger partial charge in [-0.15, -0.1) is 0 Å². The normalized spacial score (nSPS) is 27.9. The highest BCUT2D eigenvalue weighted by molar-refractivity contribution is 5.91. The van der Waals surface area contributed by atoms with E-state index in [1.165, 1.54) is 12.8 Å². The third-order valence-electron chi connectivity index (χ3n) is 4.32. The standard InChI is InChI=1S/C16H19N3O/c17-10-11-2-1-3-13(6-11)19-16(20)9-12-7-14-4-5-15(8-12)18-14/h1-3,6,12,14-15,18H,4-5,7-9H2,(H,19,20).